The predicted octanol–water partition coefficient (Wildman–Crippen LogP) is 2.38. The molecule has 1 aromatic carbocycles. The molecule has 0 spiro atoms. The highest BCUT2D eigenvalue weighted by atomic mass is 19.1. The Hall–Kier alpha value is -1.88. The average molecular weight is 263 g/mol. The van der Waals surface area contributed by atoms with Gasteiger partial charge in [0, 0.05) is 18.4 Å². The Morgan fingerprint density at radius 2 is 2.32 bits per heavy atom. The number of aromatic nitrogens is 2. The van der Waals surface area contributed by atoms with Crippen LogP contribution < -0.4 is 10.1 Å². The van der Waals surface area contributed by atoms with Crippen LogP contribution in [0.4, 0.5) is 4.39 Å². The lowest BCUT2D eigenvalue weighted by molar-refractivity contribution is 0.278. The fourth-order valence-corrected chi connectivity index (χ4v) is 1.75. The van der Waals surface area contributed by atoms with Gasteiger partial charge in [-0.25, -0.2) is 4.39 Å². The van der Waals surface area contributed by atoms with Gasteiger partial charge in [-0.2, -0.15) is 5.10 Å². The maximum absolute atomic E-state index is 13.8. The van der Waals surface area contributed by atoms with E-state index in [2.05, 4.69) is 10.4 Å². The minimum absolute atomic E-state index is 0.118. The molecule has 102 valence electrons. The topological polar surface area (TPSA) is 39.1 Å². The number of nitrogens with zero attached hydrogens (tertiary/aromatic N) is 2. The maximum Gasteiger partial charge on any atom is 0.165 e. The van der Waals surface area contributed by atoms with Gasteiger partial charge in [0.1, 0.15) is 6.61 Å². The molecule has 0 aliphatic carbocycles. The Morgan fingerprint density at radius 3 is 2.95 bits per heavy atom. The minimum Gasteiger partial charge on any atom is -0.489 e. The highest BCUT2D eigenvalue weighted by Crippen LogP contribution is 2.21. The second kappa shape index (κ2) is 6.33. The normalized spacial score (nSPS) is 12.4. The van der Waals surface area contributed by atoms with Crippen molar-refractivity contribution in [1.29, 1.82) is 0 Å². The number of nitrogens with one attached hydrogen (secondary N) is 1. The fourth-order valence-electron chi connectivity index (χ4n) is 1.75. The molecule has 1 unspecified atom stereocenters. The Morgan fingerprint density at radius 1 is 1.47 bits per heavy atom. The summed E-state index contributed by atoms with van der Waals surface area (Å²) in [7, 11) is 1.84. The molecule has 19 heavy (non-hydrogen) atoms. The zero-order chi connectivity index (χ0) is 13.7. The highest BCUT2D eigenvalue weighted by molar-refractivity contribution is 5.30. The van der Waals surface area contributed by atoms with E-state index in [1.807, 2.05) is 32.3 Å². The summed E-state index contributed by atoms with van der Waals surface area (Å²) in [5.74, 6) is -0.0562. The molecule has 0 saturated heterocycles. The molecular weight excluding hydrogens is 245 g/mol. The lowest BCUT2D eigenvalue weighted by Gasteiger charge is -2.13. The standard InChI is InChI=1S/C14H18FN3O/c1-11(16-2)12-4-5-14(13(15)10-12)19-9-8-18-7-3-6-17-18/h3-7,10-11,16H,8-9H2,1-2H3. The summed E-state index contributed by atoms with van der Waals surface area (Å²) in [5.41, 5.74) is 0.902. The Labute approximate surface area is 112 Å². The van der Waals surface area contributed by atoms with Gasteiger partial charge in [-0.3, -0.25) is 4.68 Å². The van der Waals surface area contributed by atoms with Crippen molar-refractivity contribution < 1.29 is 9.13 Å². The number of ether oxygens (including phenoxy) is 1. The molecule has 1 heterocycles. The number of benzene rings is 1. The van der Waals surface area contributed by atoms with Crippen LogP contribution in [0, 0.1) is 5.82 Å². The van der Waals surface area contributed by atoms with Gasteiger partial charge in [-0.1, -0.05) is 6.07 Å². The molecule has 0 saturated carbocycles. The monoisotopic (exact) mass is 263 g/mol. The maximum atomic E-state index is 13.8. The molecule has 5 heteroatoms. The van der Waals surface area contributed by atoms with Crippen LogP contribution in [0.15, 0.2) is 36.7 Å². The van der Waals surface area contributed by atoms with Crippen LogP contribution in [0.25, 0.3) is 0 Å². The summed E-state index contributed by atoms with van der Waals surface area (Å²) in [6, 6.07) is 7.00. The van der Waals surface area contributed by atoms with Crippen molar-refractivity contribution in [3.8, 4) is 5.75 Å². The zero-order valence-electron chi connectivity index (χ0n) is 11.1. The quantitative estimate of drug-likeness (QED) is 0.869. The molecule has 2 rings (SSSR count). The van der Waals surface area contributed by atoms with Crippen molar-refractivity contribution >= 4 is 0 Å². The second-order valence-electron chi connectivity index (χ2n) is 4.32. The van der Waals surface area contributed by atoms with E-state index in [-0.39, 0.29) is 17.6 Å². The zero-order valence-corrected chi connectivity index (χ0v) is 11.1. The van der Waals surface area contributed by atoms with E-state index in [1.165, 1.54) is 6.07 Å². The smallest absolute Gasteiger partial charge is 0.165 e. The van der Waals surface area contributed by atoms with E-state index >= 15 is 0 Å². The molecule has 0 bridgehead atoms. The number of halogens is 1. The van der Waals surface area contributed by atoms with Crippen molar-refractivity contribution in [3.63, 3.8) is 0 Å². The molecule has 2 aromatic rings. The van der Waals surface area contributed by atoms with Crippen molar-refractivity contribution in [2.45, 2.75) is 19.5 Å². The second-order valence-corrected chi connectivity index (χ2v) is 4.32. The van der Waals surface area contributed by atoms with E-state index < -0.39 is 0 Å². The van der Waals surface area contributed by atoms with Gasteiger partial charge in [-0.15, -0.1) is 0 Å². The van der Waals surface area contributed by atoms with Gasteiger partial charge in [0.15, 0.2) is 11.6 Å². The highest BCUT2D eigenvalue weighted by Gasteiger charge is 2.08. The summed E-state index contributed by atoms with van der Waals surface area (Å²) in [4.78, 5) is 0. The average Bonchev–Trinajstić information content (AvgIpc) is 2.93. The van der Waals surface area contributed by atoms with Crippen LogP contribution in [0.5, 0.6) is 5.75 Å². The first-order valence-electron chi connectivity index (χ1n) is 6.27. The van der Waals surface area contributed by atoms with E-state index in [0.29, 0.717) is 13.2 Å². The number of hydrogen-bond acceptors (Lipinski definition) is 3. The summed E-state index contributed by atoms with van der Waals surface area (Å²) >= 11 is 0. The number of rotatable bonds is 6. The molecule has 1 aromatic heterocycles. The Balaban J connectivity index is 1.93. The molecule has 0 aliphatic heterocycles. The van der Waals surface area contributed by atoms with Gasteiger partial charge in [0.05, 0.1) is 6.54 Å². The van der Waals surface area contributed by atoms with Crippen LogP contribution in [-0.4, -0.2) is 23.4 Å². The van der Waals surface area contributed by atoms with Gasteiger partial charge in [-0.05, 0) is 37.7 Å². The predicted molar refractivity (Wildman–Crippen MR) is 71.6 cm³/mol. The van der Waals surface area contributed by atoms with Gasteiger partial charge in [0.2, 0.25) is 0 Å². The van der Waals surface area contributed by atoms with Crippen molar-refractivity contribution in [3.05, 3.63) is 48.0 Å². The summed E-state index contributed by atoms with van der Waals surface area (Å²) < 4.78 is 21.0. The van der Waals surface area contributed by atoms with Crippen LogP contribution in [0.3, 0.4) is 0 Å². The molecule has 0 fully saturated rings. The molecule has 1 atom stereocenters. The minimum atomic E-state index is -0.333. The van der Waals surface area contributed by atoms with Crippen LogP contribution in [0.1, 0.15) is 18.5 Å². The molecular formula is C14H18FN3O. The van der Waals surface area contributed by atoms with Crippen molar-refractivity contribution in [2.24, 2.45) is 0 Å². The first kappa shape index (κ1) is 13.5. The third kappa shape index (κ3) is 3.54. The van der Waals surface area contributed by atoms with E-state index in [0.717, 1.165) is 5.56 Å². The summed E-state index contributed by atoms with van der Waals surface area (Å²) in [6.45, 7) is 2.97. The lowest BCUT2D eigenvalue weighted by atomic mass is 10.1. The molecule has 0 amide bonds. The SMILES string of the molecule is CNC(C)c1ccc(OCCn2cccn2)c(F)c1. The third-order valence-electron chi connectivity index (χ3n) is 3.03. The van der Waals surface area contributed by atoms with Gasteiger partial charge < -0.3 is 10.1 Å². The lowest BCUT2D eigenvalue weighted by Crippen LogP contribution is -2.13. The summed E-state index contributed by atoms with van der Waals surface area (Å²) in [5, 5.41) is 7.12. The molecule has 1 N–H and O–H groups in total. The molecule has 4 nitrogen and oxygen atoms in total. The van der Waals surface area contributed by atoms with E-state index in [1.54, 1.807) is 16.9 Å². The Kier molecular flexibility index (Phi) is 4.52. The van der Waals surface area contributed by atoms with E-state index in [4.69, 9.17) is 4.74 Å². The number of hydrogen-bond donors (Lipinski definition) is 1. The van der Waals surface area contributed by atoms with Gasteiger partial charge in [0.25, 0.3) is 0 Å². The fraction of sp³-hybridized carbons (Fsp3) is 0.357. The van der Waals surface area contributed by atoms with Gasteiger partial charge >= 0.3 is 0 Å². The largest absolute Gasteiger partial charge is 0.489 e. The van der Waals surface area contributed by atoms with Crippen LogP contribution in [-0.2, 0) is 6.54 Å². The first-order chi connectivity index (χ1) is 9.20. The summed E-state index contributed by atoms with van der Waals surface area (Å²) in [6.07, 6.45) is 3.55. The van der Waals surface area contributed by atoms with Crippen LogP contribution >= 0.6 is 0 Å². The van der Waals surface area contributed by atoms with Crippen molar-refractivity contribution in [2.75, 3.05) is 13.7 Å². The molecule has 0 radical (unpaired) electrons. The van der Waals surface area contributed by atoms with Crippen LogP contribution in [0.2, 0.25) is 0 Å². The molecule has 0 aliphatic rings. The third-order valence-corrected chi connectivity index (χ3v) is 3.03. The Bertz CT molecular complexity index is 513. The first-order valence-corrected chi connectivity index (χ1v) is 6.27. The van der Waals surface area contributed by atoms with E-state index in [9.17, 15) is 4.39 Å². The van der Waals surface area contributed by atoms with Crippen molar-refractivity contribution in [1.82, 2.24) is 15.1 Å².